The Hall–Kier alpha value is -1.02. The lowest BCUT2D eigenvalue weighted by Gasteiger charge is -2.14. The monoisotopic (exact) mass is 216 g/mol. The van der Waals surface area contributed by atoms with Crippen LogP contribution in [0.1, 0.15) is 24.0 Å². The van der Waals surface area contributed by atoms with E-state index in [-0.39, 0.29) is 0 Å². The summed E-state index contributed by atoms with van der Waals surface area (Å²) < 4.78 is 0. The zero-order valence-corrected chi connectivity index (χ0v) is 9.84. The van der Waals surface area contributed by atoms with Gasteiger partial charge in [0.05, 0.1) is 0 Å². The Morgan fingerprint density at radius 2 is 2.06 bits per heavy atom. The van der Waals surface area contributed by atoms with Gasteiger partial charge in [-0.25, -0.2) is 0 Å². The molecule has 0 amide bonds. The molecule has 0 atom stereocenters. The molecule has 3 rings (SSSR count). The molecule has 0 unspecified atom stereocenters. The third-order valence-corrected chi connectivity index (χ3v) is 3.80. The van der Waals surface area contributed by atoms with Crippen LogP contribution in [0.4, 0.5) is 5.69 Å². The third-order valence-electron chi connectivity index (χ3n) is 3.80. The first-order valence-electron chi connectivity index (χ1n) is 6.50. The lowest BCUT2D eigenvalue weighted by Crippen LogP contribution is -2.21. The summed E-state index contributed by atoms with van der Waals surface area (Å²) in [6.45, 7) is 4.97. The topological polar surface area (TPSA) is 15.3 Å². The maximum absolute atomic E-state index is 3.45. The average Bonchev–Trinajstić information content (AvgIpc) is 2.97. The molecule has 1 saturated heterocycles. The van der Waals surface area contributed by atoms with Gasteiger partial charge in [0, 0.05) is 18.8 Å². The average molecular weight is 216 g/mol. The van der Waals surface area contributed by atoms with Gasteiger partial charge in [-0.05, 0) is 56.0 Å². The predicted octanol–water partition coefficient (Wildman–Crippen LogP) is 2.29. The van der Waals surface area contributed by atoms with Gasteiger partial charge in [0.15, 0.2) is 0 Å². The molecule has 0 bridgehead atoms. The molecule has 2 aliphatic heterocycles. The van der Waals surface area contributed by atoms with Crippen LogP contribution in [0.5, 0.6) is 0 Å². The molecule has 1 aromatic rings. The third kappa shape index (κ3) is 2.07. The van der Waals surface area contributed by atoms with Crippen molar-refractivity contribution in [2.45, 2.75) is 25.7 Å². The van der Waals surface area contributed by atoms with Gasteiger partial charge in [-0.3, -0.25) is 0 Å². The van der Waals surface area contributed by atoms with Crippen molar-refractivity contribution in [1.82, 2.24) is 4.90 Å². The molecule has 0 radical (unpaired) electrons. The molecular weight excluding hydrogens is 196 g/mol. The molecule has 0 spiro atoms. The van der Waals surface area contributed by atoms with Crippen LogP contribution >= 0.6 is 0 Å². The summed E-state index contributed by atoms with van der Waals surface area (Å²) in [6.07, 6.45) is 5.19. The lowest BCUT2D eigenvalue weighted by molar-refractivity contribution is 0.343. The number of fused-ring (bicyclic) bond motifs is 1. The summed E-state index contributed by atoms with van der Waals surface area (Å²) in [5, 5.41) is 3.45. The first-order valence-corrected chi connectivity index (χ1v) is 6.50. The van der Waals surface area contributed by atoms with Crippen molar-refractivity contribution in [3.63, 3.8) is 0 Å². The minimum Gasteiger partial charge on any atom is -0.384 e. The molecule has 16 heavy (non-hydrogen) atoms. The van der Waals surface area contributed by atoms with Crippen LogP contribution < -0.4 is 5.32 Å². The van der Waals surface area contributed by atoms with Crippen LogP contribution in [0.25, 0.3) is 0 Å². The minimum atomic E-state index is 1.12. The van der Waals surface area contributed by atoms with Crippen LogP contribution in [-0.4, -0.2) is 31.1 Å². The van der Waals surface area contributed by atoms with Gasteiger partial charge >= 0.3 is 0 Å². The summed E-state index contributed by atoms with van der Waals surface area (Å²) in [5.74, 6) is 0. The second-order valence-corrected chi connectivity index (χ2v) is 4.97. The molecule has 0 aromatic heterocycles. The van der Waals surface area contributed by atoms with Crippen LogP contribution in [-0.2, 0) is 12.8 Å². The molecule has 2 nitrogen and oxygen atoms in total. The Balaban J connectivity index is 1.61. The zero-order valence-electron chi connectivity index (χ0n) is 9.84. The Kier molecular flexibility index (Phi) is 2.83. The van der Waals surface area contributed by atoms with E-state index in [2.05, 4.69) is 28.4 Å². The van der Waals surface area contributed by atoms with Gasteiger partial charge in [-0.15, -0.1) is 0 Å². The van der Waals surface area contributed by atoms with Crippen LogP contribution in [0.15, 0.2) is 18.2 Å². The number of nitrogens with one attached hydrogen (secondary N) is 1. The van der Waals surface area contributed by atoms with E-state index in [9.17, 15) is 0 Å². The van der Waals surface area contributed by atoms with E-state index in [1.54, 1.807) is 0 Å². The molecule has 86 valence electrons. The van der Waals surface area contributed by atoms with Crippen molar-refractivity contribution < 1.29 is 0 Å². The fourth-order valence-electron chi connectivity index (χ4n) is 2.79. The number of hydrogen-bond donors (Lipinski definition) is 1. The Bertz CT molecular complexity index is 367. The smallest absolute Gasteiger partial charge is 0.0376 e. The van der Waals surface area contributed by atoms with E-state index < -0.39 is 0 Å². The molecule has 1 fully saturated rings. The van der Waals surface area contributed by atoms with Gasteiger partial charge < -0.3 is 10.2 Å². The normalized spacial score (nSPS) is 19.8. The Morgan fingerprint density at radius 3 is 2.94 bits per heavy atom. The van der Waals surface area contributed by atoms with E-state index in [0.717, 1.165) is 6.54 Å². The van der Waals surface area contributed by atoms with E-state index in [0.29, 0.717) is 0 Å². The van der Waals surface area contributed by atoms with Gasteiger partial charge in [0.2, 0.25) is 0 Å². The SMILES string of the molecule is c1cc2c(cc1CCN1CCCC1)NCC2. The zero-order chi connectivity index (χ0) is 10.8. The largest absolute Gasteiger partial charge is 0.384 e. The standard InChI is InChI=1S/C14H20N2/c1-2-9-16(8-1)10-6-12-3-4-13-5-7-15-14(13)11-12/h3-4,11,15H,1-2,5-10H2. The Morgan fingerprint density at radius 1 is 1.19 bits per heavy atom. The van der Waals surface area contributed by atoms with Crippen molar-refractivity contribution >= 4 is 5.69 Å². The summed E-state index contributed by atoms with van der Waals surface area (Å²) in [6, 6.07) is 6.95. The van der Waals surface area contributed by atoms with Gasteiger partial charge in [0.1, 0.15) is 0 Å². The van der Waals surface area contributed by atoms with Crippen molar-refractivity contribution in [2.75, 3.05) is 31.5 Å². The van der Waals surface area contributed by atoms with Crippen molar-refractivity contribution in [2.24, 2.45) is 0 Å². The second kappa shape index (κ2) is 4.46. The number of benzene rings is 1. The quantitative estimate of drug-likeness (QED) is 0.834. The van der Waals surface area contributed by atoms with Crippen molar-refractivity contribution in [1.29, 1.82) is 0 Å². The molecule has 1 aromatic carbocycles. The second-order valence-electron chi connectivity index (χ2n) is 4.97. The van der Waals surface area contributed by atoms with Crippen LogP contribution in [0.3, 0.4) is 0 Å². The van der Waals surface area contributed by atoms with Crippen molar-refractivity contribution in [3.05, 3.63) is 29.3 Å². The van der Waals surface area contributed by atoms with Crippen LogP contribution in [0, 0.1) is 0 Å². The summed E-state index contributed by atoms with van der Waals surface area (Å²) in [4.78, 5) is 2.58. The summed E-state index contributed by atoms with van der Waals surface area (Å²) >= 11 is 0. The highest BCUT2D eigenvalue weighted by Gasteiger charge is 2.12. The fourth-order valence-corrected chi connectivity index (χ4v) is 2.79. The van der Waals surface area contributed by atoms with Gasteiger partial charge in [0.25, 0.3) is 0 Å². The first-order chi connectivity index (χ1) is 7.92. The molecule has 1 N–H and O–H groups in total. The molecular formula is C14H20N2. The van der Waals surface area contributed by atoms with Crippen molar-refractivity contribution in [3.8, 4) is 0 Å². The fraction of sp³-hybridized carbons (Fsp3) is 0.571. The van der Waals surface area contributed by atoms with Gasteiger partial charge in [-0.1, -0.05) is 12.1 Å². The highest BCUT2D eigenvalue weighted by molar-refractivity contribution is 5.57. The number of nitrogens with zero attached hydrogens (tertiary/aromatic N) is 1. The van der Waals surface area contributed by atoms with Crippen LogP contribution in [0.2, 0.25) is 0 Å². The van der Waals surface area contributed by atoms with Gasteiger partial charge in [-0.2, -0.15) is 0 Å². The van der Waals surface area contributed by atoms with E-state index in [1.807, 2.05) is 0 Å². The maximum atomic E-state index is 3.45. The highest BCUT2D eigenvalue weighted by atomic mass is 15.1. The first kappa shape index (κ1) is 10.2. The summed E-state index contributed by atoms with van der Waals surface area (Å²) in [5.41, 5.74) is 4.35. The molecule has 0 saturated carbocycles. The Labute approximate surface area is 97.6 Å². The molecule has 2 aliphatic rings. The lowest BCUT2D eigenvalue weighted by atomic mass is 10.1. The molecule has 2 heterocycles. The van der Waals surface area contributed by atoms with E-state index in [1.165, 1.54) is 62.1 Å². The highest BCUT2D eigenvalue weighted by Crippen LogP contribution is 2.23. The number of anilines is 1. The van der Waals surface area contributed by atoms with E-state index >= 15 is 0 Å². The molecule has 0 aliphatic carbocycles. The predicted molar refractivity (Wildman–Crippen MR) is 68.0 cm³/mol. The number of likely N-dealkylation sites (tertiary alicyclic amines) is 1. The summed E-state index contributed by atoms with van der Waals surface area (Å²) in [7, 11) is 0. The number of rotatable bonds is 3. The van der Waals surface area contributed by atoms with E-state index in [4.69, 9.17) is 0 Å². The minimum absolute atomic E-state index is 1.12. The number of hydrogen-bond acceptors (Lipinski definition) is 2. The molecule has 2 heteroatoms. The maximum Gasteiger partial charge on any atom is 0.0376 e.